The fraction of sp³-hybridized carbons (Fsp3) is 0.383. The van der Waals surface area contributed by atoms with Gasteiger partial charge in [-0.15, -0.1) is 8.67 Å². The van der Waals surface area contributed by atoms with E-state index in [9.17, 15) is 20.0 Å². The molecule has 12 rings (SSSR count). The zero-order chi connectivity index (χ0) is 101. The highest BCUT2D eigenvalue weighted by Crippen LogP contribution is 2.53. The topological polar surface area (TPSA) is 178 Å². The van der Waals surface area contributed by atoms with Crippen LogP contribution in [0.1, 0.15) is 282 Å². The molecule has 16 heteroatoms. The third kappa shape index (κ3) is 48.0. The Hall–Kier alpha value is -11.2. The molecule has 1 fully saturated rings. The number of aldehydes is 1. The average Bonchev–Trinajstić information content (AvgIpc) is 1.57. The number of carbonyl (C=O) groups is 2. The predicted octanol–water partition coefficient (Wildman–Crippen LogP) is 34.2. The number of nitrogen functional groups attached to an aromatic ring is 1. The SMILES string of the molecule is C=C(C)C(C)=O.CC.CC.CC.CC.CC.CC.CC.CC.CC.CC.CCc1ccc(-c2cc(C)c(C)n2-c2ccc(C)cc2)cc1.CCc1ccc(C=O)cc1.CSOOc1ccc(C(C#N)Nc2ccc(C)cc2)cc1.CSOOc1ccc(C=Nc2ccc(C)cc2)cc1.Cc1ccc(N)cc1.[C-]#[N+]C1(c2ccc(CC)cc2)CC(C)C(C)(O)N1c1ccc(C)cc1. The molecule has 131 heavy (non-hydrogen) atoms. The highest BCUT2D eigenvalue weighted by atomic mass is 32.2. The van der Waals surface area contributed by atoms with Crippen molar-refractivity contribution in [1.29, 1.82) is 5.26 Å². The molecule has 0 amide bonds. The van der Waals surface area contributed by atoms with Crippen LogP contribution in [0.25, 0.3) is 21.8 Å². The van der Waals surface area contributed by atoms with Gasteiger partial charge in [0.25, 0.3) is 0 Å². The van der Waals surface area contributed by atoms with E-state index in [1.54, 1.807) is 31.6 Å². The first-order valence-electron chi connectivity index (χ1n) is 47.0. The van der Waals surface area contributed by atoms with Crippen molar-refractivity contribution in [3.05, 3.63) is 350 Å². The number of aromatic nitrogens is 1. The van der Waals surface area contributed by atoms with Crippen LogP contribution in [0.3, 0.4) is 0 Å². The second-order valence-corrected chi connectivity index (χ2v) is 28.2. The van der Waals surface area contributed by atoms with Gasteiger partial charge in [-0.05, 0) is 248 Å². The van der Waals surface area contributed by atoms with Crippen LogP contribution in [-0.2, 0) is 38.4 Å². The number of hydrogen-bond acceptors (Lipinski definition) is 14. The van der Waals surface area contributed by atoms with Crippen LogP contribution in [0.2, 0.25) is 0 Å². The molecule has 716 valence electrons. The van der Waals surface area contributed by atoms with Gasteiger partial charge >= 0.3 is 5.66 Å². The summed E-state index contributed by atoms with van der Waals surface area (Å²) in [5, 5.41) is 23.8. The third-order valence-corrected chi connectivity index (χ3v) is 19.1. The number of aryl methyl sites for hydroxylation is 9. The minimum Gasteiger partial charge on any atom is -0.399 e. The Bertz CT molecular complexity index is 4740. The Labute approximate surface area is 805 Å². The minimum atomic E-state index is -1.08. The molecular weight excluding hydrogens is 1660 g/mol. The Morgan fingerprint density at radius 1 is 0.550 bits per heavy atom. The molecule has 4 unspecified atom stereocenters. The number of benzene rings is 10. The lowest BCUT2D eigenvalue weighted by atomic mass is 9.92. The number of nitrogens with zero attached hydrogens (tertiary/aromatic N) is 5. The van der Waals surface area contributed by atoms with E-state index in [2.05, 4.69) is 148 Å². The molecule has 1 saturated heterocycles. The molecule has 1 aliphatic heterocycles. The maximum Gasteiger partial charge on any atom is 0.336 e. The van der Waals surface area contributed by atoms with E-state index in [0.717, 1.165) is 100 Å². The first-order chi connectivity index (χ1) is 63.2. The van der Waals surface area contributed by atoms with Gasteiger partial charge in [0.1, 0.15) is 18.1 Å². The first-order valence-corrected chi connectivity index (χ1v) is 49.3. The highest BCUT2D eigenvalue weighted by Gasteiger charge is 2.62. The number of hydrogen-bond donors (Lipinski definition) is 3. The summed E-state index contributed by atoms with van der Waals surface area (Å²) in [4.78, 5) is 40.7. The quantitative estimate of drug-likeness (QED) is 0.00961. The lowest BCUT2D eigenvalue weighted by Crippen LogP contribution is -2.51. The fourth-order valence-electron chi connectivity index (χ4n) is 11.4. The average molecular weight is 1820 g/mol. The molecule has 0 aliphatic carbocycles. The molecule has 0 bridgehead atoms. The number of anilines is 3. The van der Waals surface area contributed by atoms with Crippen molar-refractivity contribution in [3.63, 3.8) is 0 Å². The van der Waals surface area contributed by atoms with E-state index in [4.69, 9.17) is 30.7 Å². The molecule has 0 saturated carbocycles. The summed E-state index contributed by atoms with van der Waals surface area (Å²) in [6.45, 7) is 79.6. The molecule has 4 atom stereocenters. The Kier molecular flexibility index (Phi) is 77.0. The number of Topliss-reactive ketones (excluding diaryl/α,β-unsaturated/α-hetero) is 1. The summed E-state index contributed by atoms with van der Waals surface area (Å²) in [5.41, 5.74) is 27.6. The Morgan fingerprint density at radius 2 is 0.901 bits per heavy atom. The smallest absolute Gasteiger partial charge is 0.336 e. The van der Waals surface area contributed by atoms with Gasteiger partial charge in [-0.25, -0.2) is 6.57 Å². The zero-order valence-corrected chi connectivity index (χ0v) is 88.7. The second-order valence-electron chi connectivity index (χ2n) is 27.3. The maximum atomic E-state index is 11.3. The number of rotatable bonds is 20. The van der Waals surface area contributed by atoms with E-state index in [0.29, 0.717) is 23.5 Å². The van der Waals surface area contributed by atoms with E-state index in [1.165, 1.54) is 74.1 Å². The van der Waals surface area contributed by atoms with Gasteiger partial charge in [0.05, 0.1) is 29.4 Å². The minimum absolute atomic E-state index is 0.0197. The molecule has 0 spiro atoms. The molecule has 1 aromatic heterocycles. The van der Waals surface area contributed by atoms with Gasteiger partial charge in [0.15, 0.2) is 17.3 Å². The largest absolute Gasteiger partial charge is 0.399 e. The molecule has 14 nitrogen and oxygen atoms in total. The standard InChI is InChI=1S/C22H26N2O.C21H23N.C16H16N2O2S.C15H15NO2S.C9H10O.C7H9N.C5H8O.10C2H6/c1-6-18-9-11-19(12-10-18)22(23-5)15-17(3)21(4,25)24(22)20-13-7-16(2)8-14-20;1-5-18-8-10-19(11-9-18)21-14-16(3)17(4)22(21)20-12-6-15(2)7-13-20;1-12-3-7-14(8-4-12)18-16(11-17)13-5-9-15(10-6-13)19-20-21-2;1-12-3-7-14(8-4-12)16-11-13-5-9-15(10-6-13)17-18-19-2;1-2-8-3-5-9(7-10)6-4-8;1-6-2-4-7(8)5-3-6;1-4(2)5(3)6;10*1-2/h7-14,17,25H,6,15H2,1-4H3;6-14H,5H2,1-4H3;3-10,16,18H,1-2H3;3-11H,1-2H3;3-7H,2H2,1H3;2-5H,8H2,1H3;1H2,2-3H3;10*1-2H3. The van der Waals surface area contributed by atoms with Gasteiger partial charge in [0, 0.05) is 82.7 Å². The number of nitrogens with two attached hydrogens (primary N) is 1. The van der Waals surface area contributed by atoms with Crippen molar-refractivity contribution >= 4 is 65.1 Å². The van der Waals surface area contributed by atoms with Gasteiger partial charge in [0.2, 0.25) is 0 Å². The van der Waals surface area contributed by atoms with Crippen LogP contribution in [0, 0.1) is 72.3 Å². The monoisotopic (exact) mass is 1820 g/mol. The van der Waals surface area contributed by atoms with Crippen LogP contribution in [-0.4, -0.2) is 46.2 Å². The van der Waals surface area contributed by atoms with Crippen LogP contribution in [0.4, 0.5) is 22.7 Å². The van der Waals surface area contributed by atoms with E-state index < -0.39 is 17.4 Å². The van der Waals surface area contributed by atoms with E-state index >= 15 is 0 Å². The summed E-state index contributed by atoms with van der Waals surface area (Å²) in [6, 6.07) is 84.3. The lowest BCUT2D eigenvalue weighted by Gasteiger charge is -2.38. The van der Waals surface area contributed by atoms with Crippen molar-refractivity contribution in [2.24, 2.45) is 10.9 Å². The summed E-state index contributed by atoms with van der Waals surface area (Å²) < 4.78 is 11.9. The normalized spacial score (nSPS) is 12.8. The molecule has 0 radical (unpaired) electrons. The van der Waals surface area contributed by atoms with Gasteiger partial charge in [-0.1, -0.05) is 334 Å². The molecule has 2 heterocycles. The van der Waals surface area contributed by atoms with Crippen molar-refractivity contribution in [3.8, 4) is 34.5 Å². The van der Waals surface area contributed by atoms with Crippen LogP contribution >= 0.6 is 24.1 Å². The third-order valence-electron chi connectivity index (χ3n) is 18.7. The summed E-state index contributed by atoms with van der Waals surface area (Å²) in [6.07, 6.45) is 9.93. The number of aliphatic imine (C=N–C) groups is 1. The number of ketones is 1. The van der Waals surface area contributed by atoms with Crippen molar-refractivity contribution in [2.75, 3.05) is 28.5 Å². The van der Waals surface area contributed by atoms with Crippen LogP contribution in [0.5, 0.6) is 11.5 Å². The number of allylic oxidation sites excluding steroid dienone is 1. The summed E-state index contributed by atoms with van der Waals surface area (Å²) in [5.74, 6) is 1.31. The molecule has 4 N–H and O–H groups in total. The first kappa shape index (κ1) is 128. The van der Waals surface area contributed by atoms with E-state index in [-0.39, 0.29) is 11.7 Å². The fourth-order valence-corrected chi connectivity index (χ4v) is 11.7. The van der Waals surface area contributed by atoms with Crippen molar-refractivity contribution in [2.45, 2.75) is 279 Å². The number of nitriles is 1. The van der Waals surface area contributed by atoms with E-state index in [1.807, 2.05) is 354 Å². The summed E-state index contributed by atoms with van der Waals surface area (Å²) in [7, 11) is 0. The number of nitrogens with one attached hydrogen (secondary N) is 1. The maximum absolute atomic E-state index is 11.3. The second kappa shape index (κ2) is 78.6. The molecule has 11 aromatic rings. The summed E-state index contributed by atoms with van der Waals surface area (Å²) >= 11 is 2.29. The van der Waals surface area contributed by atoms with Gasteiger partial charge in [-0.2, -0.15) is 5.26 Å². The highest BCUT2D eigenvalue weighted by molar-refractivity contribution is 7.94. The molecule has 1 aliphatic rings. The Balaban J connectivity index is -0.000000470. The van der Waals surface area contributed by atoms with Gasteiger partial charge in [-0.3, -0.25) is 24.3 Å². The molecular formula is C115H167N7O7S2. The molecule has 10 aromatic carbocycles. The Morgan fingerprint density at radius 3 is 1.26 bits per heavy atom. The predicted molar refractivity (Wildman–Crippen MR) is 578 cm³/mol. The zero-order valence-electron chi connectivity index (χ0n) is 87.0. The van der Waals surface area contributed by atoms with Crippen LogP contribution in [0.15, 0.2) is 266 Å². The van der Waals surface area contributed by atoms with Gasteiger partial charge < -0.3 is 30.5 Å². The van der Waals surface area contributed by atoms with Crippen molar-refractivity contribution < 1.29 is 33.1 Å². The van der Waals surface area contributed by atoms with Crippen molar-refractivity contribution in [1.82, 2.24) is 4.57 Å². The van der Waals surface area contributed by atoms with Crippen LogP contribution < -0.4 is 25.7 Å². The lowest BCUT2D eigenvalue weighted by molar-refractivity contribution is -0.113. The number of carbonyl (C=O) groups excluding carboxylic acids is 2. The number of aliphatic hydroxyl groups is 1.